The lowest BCUT2D eigenvalue weighted by atomic mass is 9.38. The van der Waals surface area contributed by atoms with Crippen molar-refractivity contribution in [3.05, 3.63) is 223 Å². The van der Waals surface area contributed by atoms with E-state index in [1.54, 1.807) is 73.2 Å². The lowest BCUT2D eigenvalue weighted by molar-refractivity contribution is -0.165. The van der Waals surface area contributed by atoms with Crippen LogP contribution in [-0.2, 0) is 19.2 Å². The van der Waals surface area contributed by atoms with Gasteiger partial charge in [-0.15, -0.1) is 0 Å². The van der Waals surface area contributed by atoms with Crippen LogP contribution in [0.15, 0.2) is 146 Å². The van der Waals surface area contributed by atoms with Crippen molar-refractivity contribution in [2.75, 3.05) is 26.4 Å². The number of pyridine rings is 3. The van der Waals surface area contributed by atoms with Gasteiger partial charge in [0, 0.05) is 88.6 Å². The molecule has 12 saturated carbocycles. The number of nitriles is 1. The van der Waals surface area contributed by atoms with E-state index in [2.05, 4.69) is 46.2 Å². The largest absolute Gasteiger partial charge is 0.489 e. The van der Waals surface area contributed by atoms with E-state index in [9.17, 15) is 47.1 Å². The average molecular weight is 1650 g/mol. The van der Waals surface area contributed by atoms with Gasteiger partial charge in [0.25, 0.3) is 23.6 Å². The van der Waals surface area contributed by atoms with Crippen molar-refractivity contribution in [1.29, 1.82) is 5.26 Å². The zero-order valence-corrected chi connectivity index (χ0v) is 66.9. The molecular weight excluding hydrogens is 1560 g/mol. The third-order valence-electron chi connectivity index (χ3n) is 22.3. The van der Waals surface area contributed by atoms with E-state index in [-0.39, 0.29) is 150 Å². The quantitative estimate of drug-likeness (QED) is 0.0304. The Morgan fingerprint density at radius 1 is 0.435 bits per heavy atom. The number of Topliss-reactive ketones (excluding diaryl/α,β-unsaturated/α-hetero) is 4. The van der Waals surface area contributed by atoms with Crippen molar-refractivity contribution in [3.63, 3.8) is 0 Å². The molecule has 0 atom stereocenters. The highest BCUT2D eigenvalue weighted by Crippen LogP contribution is 2.72. The predicted molar refractivity (Wildman–Crippen MR) is 422 cm³/mol. The van der Waals surface area contributed by atoms with Gasteiger partial charge in [-0.1, -0.05) is 46.4 Å². The van der Waals surface area contributed by atoms with Crippen molar-refractivity contribution < 1.29 is 70.8 Å². The second-order valence-electron chi connectivity index (χ2n) is 32.9. The molecule has 20 rings (SSSR count). The van der Waals surface area contributed by atoms with Gasteiger partial charge in [0.2, 0.25) is 0 Å². The molecular formula is C86H84Cl4F2N10O13. The Labute approximate surface area is 683 Å². The number of halogens is 6. The number of aryl methyl sites for hydroxylation is 3. The molecule has 598 valence electrons. The molecule has 0 spiro atoms. The van der Waals surface area contributed by atoms with E-state index in [1.807, 2.05) is 58.9 Å². The SMILES string of the molecule is CC(C)Oc1ccc(C(=O)CC23CC(NC(=O)COc4ccc(Cl)cc4)(C2)C3)nc1.Cc1cc(OCC(=O)CC23CC(NC(=O)c4cc(C#N)ccn4)(C2)C3)ccc1Cl.Cc1ccnc(C(=O)CC23CC(NC(=O)COc4ccc(Cl)c(F)c4)(C2)C3)c1.Cc1cnc(C(=O)CC23CC(NC(=O)COc4ccc(Cl)c(F)c4)(C2)C3)cn1. The van der Waals surface area contributed by atoms with Crippen LogP contribution in [0.3, 0.4) is 0 Å². The van der Waals surface area contributed by atoms with Gasteiger partial charge in [-0.25, -0.2) is 18.7 Å². The van der Waals surface area contributed by atoms with E-state index >= 15 is 0 Å². The molecule has 4 N–H and O–H groups in total. The molecule has 8 aromatic rings. The first kappa shape index (κ1) is 82.5. The van der Waals surface area contributed by atoms with Crippen LogP contribution < -0.4 is 45.0 Å². The highest BCUT2D eigenvalue weighted by Gasteiger charge is 2.71. The Balaban J connectivity index is 0.000000134. The van der Waals surface area contributed by atoms with Gasteiger partial charge in [-0.3, -0.25) is 53.3 Å². The van der Waals surface area contributed by atoms with Crippen LogP contribution in [-0.4, -0.2) is 126 Å². The fraction of sp³-hybridized carbons (Fsp3) is 0.395. The third-order valence-corrected chi connectivity index (χ3v) is 23.6. The Hall–Kier alpha value is -10.5. The molecule has 4 amide bonds. The molecule has 115 heavy (non-hydrogen) atoms. The molecule has 0 saturated heterocycles. The minimum Gasteiger partial charge on any atom is -0.489 e. The first-order valence-electron chi connectivity index (χ1n) is 37.7. The molecule has 8 bridgehead atoms. The number of hydrogen-bond donors (Lipinski definition) is 4. The summed E-state index contributed by atoms with van der Waals surface area (Å²) in [6.07, 6.45) is 19.2. The number of nitrogens with zero attached hydrogens (tertiary/aromatic N) is 6. The minimum atomic E-state index is -0.594. The van der Waals surface area contributed by atoms with Crippen molar-refractivity contribution in [3.8, 4) is 34.8 Å². The smallest absolute Gasteiger partial charge is 0.270 e. The van der Waals surface area contributed by atoms with Gasteiger partial charge in [-0.05, 0) is 248 Å². The Morgan fingerprint density at radius 3 is 1.32 bits per heavy atom. The maximum atomic E-state index is 13.4. The summed E-state index contributed by atoms with van der Waals surface area (Å²) < 4.78 is 54.1. The molecule has 4 aromatic heterocycles. The van der Waals surface area contributed by atoms with Gasteiger partial charge in [0.05, 0.1) is 45.9 Å². The van der Waals surface area contributed by atoms with Crippen molar-refractivity contribution >= 4 is 93.2 Å². The zero-order chi connectivity index (χ0) is 81.9. The maximum absolute atomic E-state index is 13.4. The number of aromatic nitrogens is 5. The number of nitrogens with one attached hydrogen (secondary N) is 4. The molecule has 29 heteroatoms. The fourth-order valence-electron chi connectivity index (χ4n) is 18.1. The monoisotopic (exact) mass is 1640 g/mol. The molecule has 0 unspecified atom stereocenters. The second-order valence-corrected chi connectivity index (χ2v) is 34.5. The predicted octanol–water partition coefficient (Wildman–Crippen LogP) is 15.0. The lowest BCUT2D eigenvalue weighted by Crippen LogP contribution is -2.75. The van der Waals surface area contributed by atoms with Crippen LogP contribution in [0.2, 0.25) is 20.1 Å². The number of ketones is 4. The highest BCUT2D eigenvalue weighted by atomic mass is 35.5. The first-order valence-corrected chi connectivity index (χ1v) is 39.2. The molecule has 4 aromatic carbocycles. The van der Waals surface area contributed by atoms with Gasteiger partial charge in [0.1, 0.15) is 69.8 Å². The number of carbonyl (C=O) groups is 8. The van der Waals surface area contributed by atoms with E-state index in [1.165, 1.54) is 42.7 Å². The summed E-state index contributed by atoms with van der Waals surface area (Å²) in [7, 11) is 0. The summed E-state index contributed by atoms with van der Waals surface area (Å²) in [4.78, 5) is 119. The summed E-state index contributed by atoms with van der Waals surface area (Å²) in [5.74, 6) is 0.407. The van der Waals surface area contributed by atoms with Crippen molar-refractivity contribution in [2.45, 2.75) is 166 Å². The first-order chi connectivity index (χ1) is 54.6. The van der Waals surface area contributed by atoms with Crippen LogP contribution in [0, 0.1) is 65.4 Å². The van der Waals surface area contributed by atoms with E-state index in [0.29, 0.717) is 75.6 Å². The molecule has 0 radical (unpaired) electrons. The number of hydrogen-bond acceptors (Lipinski definition) is 19. The van der Waals surface area contributed by atoms with Crippen LogP contribution in [0.5, 0.6) is 28.7 Å². The Bertz CT molecular complexity index is 5090. The number of ether oxygens (including phenoxy) is 5. The zero-order valence-electron chi connectivity index (χ0n) is 63.8. The third kappa shape index (κ3) is 19.7. The topological polar surface area (TPSA) is 319 Å². The Kier molecular flexibility index (Phi) is 23.9. The van der Waals surface area contributed by atoms with Crippen LogP contribution >= 0.6 is 46.4 Å². The standard InChI is InChI=1S/C23H25ClN2O4.C22H20ClN3O3.C21H20ClFN2O3.C20H19ClFN3O3/c1-15(2)30-18-7-8-19(25-10-18)20(27)9-22-12-23(13-22,14-22)26-21(28)11-29-17-5-3-16(24)4-6-17;1-14-6-17(2-3-18(14)23)29-10-16(27)8-21-11-22(12-21,13-21)26-20(28)19-7-15(9-24)4-5-25-19;1-13-4-5-24-17(6-13)18(26)8-20-10-21(11-20,12-20)25-19(27)9-28-14-2-3-15(22)16(23)7-14;1-12-6-24-16(7-23-12)17(26)5-19-9-20(10-19,11-19)25-18(27)8-28-13-2-3-14(21)15(22)4-13/h3-8,10,15H,9,11-14H2,1-2H3,(H,26,28);2-7H,8,10-13H2,1H3,(H,26,28);2-7H,8-12H2,1H3,(H,25,27);2-4,6-7H,5,8-11H2,1H3,(H,25,27). The van der Waals surface area contributed by atoms with E-state index in [0.717, 1.165) is 106 Å². The summed E-state index contributed by atoms with van der Waals surface area (Å²) >= 11 is 23.1. The molecule has 4 heterocycles. The van der Waals surface area contributed by atoms with Crippen LogP contribution in [0.25, 0.3) is 0 Å². The number of carbonyl (C=O) groups excluding carboxylic acids is 8. The summed E-state index contributed by atoms with van der Waals surface area (Å²) in [6.45, 7) is 9.14. The molecule has 12 aliphatic carbocycles. The fourth-order valence-corrected chi connectivity index (χ4v) is 18.5. The minimum absolute atomic E-state index is 0.00197. The Morgan fingerprint density at radius 2 is 0.861 bits per heavy atom. The number of benzene rings is 4. The number of rotatable bonds is 30. The van der Waals surface area contributed by atoms with Gasteiger partial charge < -0.3 is 45.0 Å². The molecule has 12 aliphatic rings. The summed E-state index contributed by atoms with van der Waals surface area (Å²) in [5, 5.41) is 22.3. The summed E-state index contributed by atoms with van der Waals surface area (Å²) in [6, 6.07) is 32.5. The van der Waals surface area contributed by atoms with E-state index < -0.39 is 11.6 Å². The normalized spacial score (nSPS) is 24.3. The highest BCUT2D eigenvalue weighted by molar-refractivity contribution is 6.32. The molecule has 12 fully saturated rings. The average Bonchev–Trinajstić information content (AvgIpc) is 0.700. The van der Waals surface area contributed by atoms with Crippen molar-refractivity contribution in [1.82, 2.24) is 46.2 Å². The summed E-state index contributed by atoms with van der Waals surface area (Å²) in [5.41, 5.74) is 3.71. The van der Waals surface area contributed by atoms with Crippen LogP contribution in [0.1, 0.15) is 181 Å². The van der Waals surface area contributed by atoms with Gasteiger partial charge in [-0.2, -0.15) is 5.26 Å². The number of amides is 4. The molecule has 0 aliphatic heterocycles. The lowest BCUT2D eigenvalue weighted by Gasteiger charge is -2.70. The van der Waals surface area contributed by atoms with E-state index in [4.69, 9.17) is 75.3 Å². The van der Waals surface area contributed by atoms with Crippen LogP contribution in [0.4, 0.5) is 8.78 Å². The van der Waals surface area contributed by atoms with Gasteiger partial charge in [0.15, 0.2) is 43.0 Å². The molecule has 23 nitrogen and oxygen atoms in total. The maximum Gasteiger partial charge on any atom is 0.270 e. The van der Waals surface area contributed by atoms with Gasteiger partial charge >= 0.3 is 0 Å². The van der Waals surface area contributed by atoms with Crippen molar-refractivity contribution in [2.24, 2.45) is 21.7 Å². The second kappa shape index (κ2) is 33.4.